The molecule has 0 aromatic heterocycles. The molecule has 1 atom stereocenters. The van der Waals surface area contributed by atoms with Gasteiger partial charge in [0.15, 0.2) is 0 Å². The zero-order chi connectivity index (χ0) is 14.6. The molecule has 0 saturated carbocycles. The van der Waals surface area contributed by atoms with Gasteiger partial charge in [-0.25, -0.2) is 4.79 Å². The predicted octanol–water partition coefficient (Wildman–Crippen LogP) is 2.01. The number of hydrogen-bond acceptors (Lipinski definition) is 4. The molecule has 0 bridgehead atoms. The summed E-state index contributed by atoms with van der Waals surface area (Å²) in [4.78, 5) is 13.9. The van der Waals surface area contributed by atoms with Crippen LogP contribution in [-0.4, -0.2) is 55.5 Å². The number of amides is 1. The number of carbonyl (C=O) groups is 1. The van der Waals surface area contributed by atoms with Crippen molar-refractivity contribution in [3.63, 3.8) is 0 Å². The summed E-state index contributed by atoms with van der Waals surface area (Å²) in [7, 11) is 0. The molecule has 2 rings (SSSR count). The molecule has 2 aliphatic heterocycles. The Labute approximate surface area is 122 Å². The van der Waals surface area contributed by atoms with Crippen LogP contribution in [0.3, 0.4) is 0 Å². The van der Waals surface area contributed by atoms with Crippen molar-refractivity contribution >= 4 is 6.09 Å². The van der Waals surface area contributed by atoms with Crippen molar-refractivity contribution in [2.24, 2.45) is 5.92 Å². The molecule has 116 valence electrons. The van der Waals surface area contributed by atoms with Gasteiger partial charge in [0.1, 0.15) is 5.60 Å². The van der Waals surface area contributed by atoms with E-state index in [0.717, 1.165) is 58.0 Å². The van der Waals surface area contributed by atoms with E-state index in [4.69, 9.17) is 9.47 Å². The minimum Gasteiger partial charge on any atom is -0.444 e. The Hall–Kier alpha value is -0.810. The van der Waals surface area contributed by atoms with Gasteiger partial charge in [0.25, 0.3) is 0 Å². The first-order chi connectivity index (χ1) is 9.44. The molecule has 0 unspecified atom stereocenters. The van der Waals surface area contributed by atoms with Gasteiger partial charge in [-0.3, -0.25) is 0 Å². The Kier molecular flexibility index (Phi) is 5.27. The Balaban J connectivity index is 1.80. The van der Waals surface area contributed by atoms with Crippen LogP contribution in [0.1, 0.15) is 40.0 Å². The van der Waals surface area contributed by atoms with Crippen molar-refractivity contribution in [3.8, 4) is 0 Å². The summed E-state index contributed by atoms with van der Waals surface area (Å²) >= 11 is 0. The minimum absolute atomic E-state index is 0.184. The number of ether oxygens (including phenoxy) is 2. The first-order valence-corrected chi connectivity index (χ1v) is 7.73. The highest BCUT2D eigenvalue weighted by atomic mass is 16.6. The second-order valence-electron chi connectivity index (χ2n) is 6.87. The molecule has 0 spiro atoms. The molecule has 0 aromatic carbocycles. The van der Waals surface area contributed by atoms with E-state index in [-0.39, 0.29) is 6.09 Å². The van der Waals surface area contributed by atoms with Crippen LogP contribution in [-0.2, 0) is 9.47 Å². The van der Waals surface area contributed by atoms with Gasteiger partial charge in [-0.1, -0.05) is 0 Å². The highest BCUT2D eigenvalue weighted by molar-refractivity contribution is 5.68. The van der Waals surface area contributed by atoms with Crippen molar-refractivity contribution in [1.82, 2.24) is 10.2 Å². The molecule has 2 fully saturated rings. The fraction of sp³-hybridized carbons (Fsp3) is 0.933. The minimum atomic E-state index is -0.418. The summed E-state index contributed by atoms with van der Waals surface area (Å²) < 4.78 is 10.9. The highest BCUT2D eigenvalue weighted by Crippen LogP contribution is 2.22. The van der Waals surface area contributed by atoms with Crippen molar-refractivity contribution in [3.05, 3.63) is 0 Å². The molecule has 2 heterocycles. The van der Waals surface area contributed by atoms with Crippen LogP contribution in [0.2, 0.25) is 0 Å². The summed E-state index contributed by atoms with van der Waals surface area (Å²) in [6, 6.07) is 0.388. The van der Waals surface area contributed by atoms with Crippen LogP contribution in [0.5, 0.6) is 0 Å². The van der Waals surface area contributed by atoms with Gasteiger partial charge in [0.2, 0.25) is 0 Å². The molecule has 1 N–H and O–H groups in total. The maximum Gasteiger partial charge on any atom is 0.410 e. The molecule has 0 aliphatic carbocycles. The highest BCUT2D eigenvalue weighted by Gasteiger charge is 2.29. The first-order valence-electron chi connectivity index (χ1n) is 7.73. The van der Waals surface area contributed by atoms with E-state index in [1.54, 1.807) is 0 Å². The van der Waals surface area contributed by atoms with Gasteiger partial charge >= 0.3 is 6.09 Å². The van der Waals surface area contributed by atoms with Gasteiger partial charge < -0.3 is 19.7 Å². The van der Waals surface area contributed by atoms with Gasteiger partial charge in [0, 0.05) is 38.9 Å². The maximum absolute atomic E-state index is 12.1. The summed E-state index contributed by atoms with van der Waals surface area (Å²) in [5.74, 6) is 0.722. The quantitative estimate of drug-likeness (QED) is 0.843. The lowest BCUT2D eigenvalue weighted by atomic mass is 9.92. The lowest BCUT2D eigenvalue weighted by Crippen LogP contribution is -2.54. The number of carbonyl (C=O) groups excluding carboxylic acids is 1. The topological polar surface area (TPSA) is 50.8 Å². The molecule has 0 radical (unpaired) electrons. The van der Waals surface area contributed by atoms with Gasteiger partial charge in [-0.2, -0.15) is 0 Å². The fourth-order valence-electron chi connectivity index (χ4n) is 2.86. The Morgan fingerprint density at radius 3 is 2.70 bits per heavy atom. The second kappa shape index (κ2) is 6.76. The van der Waals surface area contributed by atoms with Crippen molar-refractivity contribution in [1.29, 1.82) is 0 Å². The van der Waals surface area contributed by atoms with Crippen LogP contribution in [0.15, 0.2) is 0 Å². The average Bonchev–Trinajstić information content (AvgIpc) is 2.38. The van der Waals surface area contributed by atoms with E-state index in [2.05, 4.69) is 5.32 Å². The molecule has 2 saturated heterocycles. The lowest BCUT2D eigenvalue weighted by Gasteiger charge is -2.36. The number of nitrogens with zero attached hydrogens (tertiary/aromatic N) is 1. The summed E-state index contributed by atoms with van der Waals surface area (Å²) in [6.07, 6.45) is 3.23. The van der Waals surface area contributed by atoms with E-state index >= 15 is 0 Å². The SMILES string of the molecule is CC(C)(C)OC(=O)N1CCN[C@@H](CC2CCOCC2)C1. The normalized spacial score (nSPS) is 25.6. The average molecular weight is 284 g/mol. The third-order valence-corrected chi connectivity index (χ3v) is 3.87. The van der Waals surface area contributed by atoms with E-state index in [0.29, 0.717) is 6.04 Å². The van der Waals surface area contributed by atoms with Gasteiger partial charge in [-0.15, -0.1) is 0 Å². The van der Waals surface area contributed by atoms with E-state index in [1.807, 2.05) is 25.7 Å². The summed E-state index contributed by atoms with van der Waals surface area (Å²) in [5, 5.41) is 3.52. The molecular weight excluding hydrogens is 256 g/mol. The Morgan fingerprint density at radius 1 is 1.35 bits per heavy atom. The van der Waals surface area contributed by atoms with E-state index < -0.39 is 5.60 Å². The standard InChI is InChI=1S/C15H28N2O3/c1-15(2,3)20-14(18)17-7-6-16-13(11-17)10-12-4-8-19-9-5-12/h12-13,16H,4-11H2,1-3H3/t13-/m0/s1. The Morgan fingerprint density at radius 2 is 2.05 bits per heavy atom. The molecule has 20 heavy (non-hydrogen) atoms. The summed E-state index contributed by atoms with van der Waals surface area (Å²) in [5.41, 5.74) is -0.418. The van der Waals surface area contributed by atoms with Crippen molar-refractivity contribution < 1.29 is 14.3 Å². The molecule has 1 amide bonds. The predicted molar refractivity (Wildman–Crippen MR) is 77.8 cm³/mol. The number of nitrogens with one attached hydrogen (secondary N) is 1. The third kappa shape index (κ3) is 4.94. The summed E-state index contributed by atoms with van der Waals surface area (Å²) in [6.45, 7) is 9.84. The van der Waals surface area contributed by atoms with E-state index in [9.17, 15) is 4.79 Å². The van der Waals surface area contributed by atoms with Gasteiger partial charge in [-0.05, 0) is 46.0 Å². The van der Waals surface area contributed by atoms with Crippen molar-refractivity contribution in [2.75, 3.05) is 32.8 Å². The monoisotopic (exact) mass is 284 g/mol. The Bertz CT molecular complexity index is 322. The van der Waals surface area contributed by atoms with Crippen LogP contribution in [0.25, 0.3) is 0 Å². The van der Waals surface area contributed by atoms with Crippen molar-refractivity contribution in [2.45, 2.75) is 51.7 Å². The zero-order valence-electron chi connectivity index (χ0n) is 13.0. The molecule has 0 aromatic rings. The fourth-order valence-corrected chi connectivity index (χ4v) is 2.86. The first kappa shape index (κ1) is 15.6. The van der Waals surface area contributed by atoms with Crippen LogP contribution >= 0.6 is 0 Å². The lowest BCUT2D eigenvalue weighted by molar-refractivity contribution is 0.0164. The van der Waals surface area contributed by atoms with Crippen LogP contribution < -0.4 is 5.32 Å². The third-order valence-electron chi connectivity index (χ3n) is 3.87. The van der Waals surface area contributed by atoms with Gasteiger partial charge in [0.05, 0.1) is 0 Å². The number of hydrogen-bond donors (Lipinski definition) is 1. The molecule has 5 nitrogen and oxygen atoms in total. The molecule has 2 aliphatic rings. The zero-order valence-corrected chi connectivity index (χ0v) is 13.0. The maximum atomic E-state index is 12.1. The molecule has 5 heteroatoms. The van der Waals surface area contributed by atoms with Crippen LogP contribution in [0, 0.1) is 5.92 Å². The van der Waals surface area contributed by atoms with E-state index in [1.165, 1.54) is 0 Å². The number of rotatable bonds is 2. The number of piperazine rings is 1. The largest absolute Gasteiger partial charge is 0.444 e. The second-order valence-corrected chi connectivity index (χ2v) is 6.87. The smallest absolute Gasteiger partial charge is 0.410 e. The van der Waals surface area contributed by atoms with Crippen LogP contribution in [0.4, 0.5) is 4.79 Å². The molecular formula is C15H28N2O3.